The summed E-state index contributed by atoms with van der Waals surface area (Å²) < 4.78 is 52.6. The first-order chi connectivity index (χ1) is 14.0. The van der Waals surface area contributed by atoms with E-state index in [0.29, 0.717) is 7.11 Å². The number of esters is 3. The molecular formula is C15H26F3N5O8. The van der Waals surface area contributed by atoms with Crippen molar-refractivity contribution in [1.82, 2.24) is 5.32 Å². The number of ether oxygens (including phenoxy) is 3. The van der Waals surface area contributed by atoms with Crippen LogP contribution in [0.2, 0.25) is 0 Å². The maximum Gasteiger partial charge on any atom is 0.471 e. The summed E-state index contributed by atoms with van der Waals surface area (Å²) in [4.78, 5) is 54.2. The van der Waals surface area contributed by atoms with Crippen LogP contribution in [0.15, 0.2) is 0 Å². The first-order valence-electron chi connectivity index (χ1n) is 8.57. The summed E-state index contributed by atoms with van der Waals surface area (Å²) in [6.07, 6.45) is -6.53. The van der Waals surface area contributed by atoms with Gasteiger partial charge in [-0.3, -0.25) is 15.4 Å². The summed E-state index contributed by atoms with van der Waals surface area (Å²) in [6.45, 7) is 2.27. The van der Waals surface area contributed by atoms with E-state index in [1.807, 2.05) is 0 Å². The van der Waals surface area contributed by atoms with E-state index in [0.717, 1.165) is 5.32 Å². The summed E-state index contributed by atoms with van der Waals surface area (Å²) in [5.74, 6) is -2.84. The van der Waals surface area contributed by atoms with E-state index in [2.05, 4.69) is 9.57 Å². The van der Waals surface area contributed by atoms with E-state index in [-0.39, 0.29) is 0 Å². The molecule has 0 aliphatic rings. The van der Waals surface area contributed by atoms with Gasteiger partial charge in [-0.15, -0.1) is 0 Å². The van der Waals surface area contributed by atoms with E-state index < -0.39 is 66.0 Å². The van der Waals surface area contributed by atoms with Crippen molar-refractivity contribution in [2.24, 2.45) is 23.1 Å². The molecule has 180 valence electrons. The molecular weight excluding hydrogens is 435 g/mol. The second-order valence-corrected chi connectivity index (χ2v) is 6.38. The molecule has 0 aromatic carbocycles. The van der Waals surface area contributed by atoms with Crippen LogP contribution in [-0.4, -0.2) is 73.2 Å². The average molecular weight is 461 g/mol. The third kappa shape index (κ3) is 5.04. The molecule has 0 aromatic rings. The molecule has 0 heterocycles. The smallest absolute Gasteiger partial charge is 0.466 e. The third-order valence-corrected chi connectivity index (χ3v) is 4.10. The van der Waals surface area contributed by atoms with Crippen molar-refractivity contribution in [3.63, 3.8) is 0 Å². The topological polar surface area (TPSA) is 221 Å². The Morgan fingerprint density at radius 2 is 1.55 bits per heavy atom. The molecule has 0 aromatic heterocycles. The number of alkyl halides is 3. The van der Waals surface area contributed by atoms with Crippen LogP contribution in [0.4, 0.5) is 13.2 Å². The quantitative estimate of drug-likeness (QED) is 0.0737. The van der Waals surface area contributed by atoms with E-state index in [4.69, 9.17) is 32.6 Å². The molecule has 0 spiro atoms. The standard InChI is InChI=1S/C15H26F3N5O8/c1-5-29-9(25)13(20,10(26)30-7(2)3)12(6-19,31-22)14(21,11(27)28-4)23-8(24)15(16,17)18/h7H,5-6,19-22H2,1-4H3,(H,23,24). The highest BCUT2D eigenvalue weighted by Crippen LogP contribution is 2.35. The van der Waals surface area contributed by atoms with Gasteiger partial charge < -0.3 is 31.0 Å². The molecule has 3 atom stereocenters. The molecule has 9 N–H and O–H groups in total. The number of nitrogens with two attached hydrogens (primary N) is 4. The van der Waals surface area contributed by atoms with Crippen LogP contribution < -0.4 is 28.4 Å². The van der Waals surface area contributed by atoms with Crippen molar-refractivity contribution in [1.29, 1.82) is 0 Å². The molecule has 0 fully saturated rings. The van der Waals surface area contributed by atoms with Crippen molar-refractivity contribution >= 4 is 23.8 Å². The van der Waals surface area contributed by atoms with Crippen molar-refractivity contribution < 1.29 is 51.4 Å². The van der Waals surface area contributed by atoms with Crippen LogP contribution >= 0.6 is 0 Å². The summed E-state index contributed by atoms with van der Waals surface area (Å²) in [6, 6.07) is 0. The molecule has 16 heteroatoms. The molecule has 31 heavy (non-hydrogen) atoms. The van der Waals surface area contributed by atoms with Crippen LogP contribution in [0.1, 0.15) is 20.8 Å². The molecule has 0 bridgehead atoms. The summed E-state index contributed by atoms with van der Waals surface area (Å²) in [5.41, 5.74) is 7.02. The van der Waals surface area contributed by atoms with E-state index in [1.165, 1.54) is 20.8 Å². The summed E-state index contributed by atoms with van der Waals surface area (Å²) in [5, 5.41) is 1.10. The number of methoxy groups -OCH3 is 1. The largest absolute Gasteiger partial charge is 0.471 e. The minimum atomic E-state index is -5.59. The Hall–Kier alpha value is -2.53. The molecule has 0 rings (SSSR count). The van der Waals surface area contributed by atoms with Crippen LogP contribution in [0.5, 0.6) is 0 Å². The Bertz CT molecular complexity index is 701. The van der Waals surface area contributed by atoms with Gasteiger partial charge in [0.15, 0.2) is 5.60 Å². The predicted molar refractivity (Wildman–Crippen MR) is 95.0 cm³/mol. The van der Waals surface area contributed by atoms with Gasteiger partial charge in [0, 0.05) is 6.54 Å². The fraction of sp³-hybridized carbons (Fsp3) is 0.733. The van der Waals surface area contributed by atoms with Crippen molar-refractivity contribution in [3.8, 4) is 0 Å². The highest BCUT2D eigenvalue weighted by Gasteiger charge is 2.75. The third-order valence-electron chi connectivity index (χ3n) is 4.10. The van der Waals surface area contributed by atoms with Crippen LogP contribution in [0.25, 0.3) is 0 Å². The zero-order valence-electron chi connectivity index (χ0n) is 17.2. The molecule has 0 aliphatic carbocycles. The zero-order chi connectivity index (χ0) is 24.8. The van der Waals surface area contributed by atoms with Gasteiger partial charge in [0.1, 0.15) is 0 Å². The second-order valence-electron chi connectivity index (χ2n) is 6.38. The van der Waals surface area contributed by atoms with E-state index in [1.54, 1.807) is 0 Å². The number of rotatable bonds is 10. The molecule has 13 nitrogen and oxygen atoms in total. The maximum atomic E-state index is 12.9. The maximum absolute atomic E-state index is 12.9. The SMILES string of the molecule is CCOC(=O)C(N)(C(=O)OC(C)C)C(CN)(ON)C(N)(NC(=O)C(F)(F)F)C(=O)OC. The Labute approximate surface area is 174 Å². The van der Waals surface area contributed by atoms with Gasteiger partial charge in [0.25, 0.3) is 0 Å². The number of hydrogen-bond acceptors (Lipinski definition) is 12. The molecule has 1 amide bonds. The van der Waals surface area contributed by atoms with Crippen LogP contribution in [-0.2, 0) is 38.2 Å². The number of carbonyl (C=O) groups is 4. The minimum absolute atomic E-state index is 0.400. The van der Waals surface area contributed by atoms with Crippen LogP contribution in [0.3, 0.4) is 0 Å². The molecule has 0 aliphatic heterocycles. The lowest BCUT2D eigenvalue weighted by atomic mass is 9.70. The molecule has 0 saturated heterocycles. The Morgan fingerprint density at radius 3 is 1.87 bits per heavy atom. The Kier molecular flexibility index (Phi) is 9.35. The van der Waals surface area contributed by atoms with Gasteiger partial charge in [-0.25, -0.2) is 20.3 Å². The minimum Gasteiger partial charge on any atom is -0.466 e. The summed E-state index contributed by atoms with van der Waals surface area (Å²) >= 11 is 0. The molecule has 0 saturated carbocycles. The van der Waals surface area contributed by atoms with Gasteiger partial charge in [0.05, 0.1) is 19.8 Å². The van der Waals surface area contributed by atoms with E-state index in [9.17, 15) is 32.3 Å². The van der Waals surface area contributed by atoms with Crippen molar-refractivity contribution in [2.45, 2.75) is 49.9 Å². The van der Waals surface area contributed by atoms with Gasteiger partial charge in [-0.1, -0.05) is 0 Å². The van der Waals surface area contributed by atoms with Gasteiger partial charge >= 0.3 is 30.0 Å². The predicted octanol–water partition coefficient (Wildman–Crippen LogP) is -2.71. The highest BCUT2D eigenvalue weighted by molar-refractivity contribution is 6.08. The molecule has 3 unspecified atom stereocenters. The first kappa shape index (κ1) is 28.5. The summed E-state index contributed by atoms with van der Waals surface area (Å²) in [7, 11) is 0.663. The van der Waals surface area contributed by atoms with Crippen molar-refractivity contribution in [3.05, 3.63) is 0 Å². The number of amides is 1. The lowest BCUT2D eigenvalue weighted by molar-refractivity contribution is -0.212. The lowest BCUT2D eigenvalue weighted by Gasteiger charge is -2.50. The zero-order valence-corrected chi connectivity index (χ0v) is 17.2. The van der Waals surface area contributed by atoms with Gasteiger partial charge in [0.2, 0.25) is 11.2 Å². The van der Waals surface area contributed by atoms with E-state index >= 15 is 0 Å². The highest BCUT2D eigenvalue weighted by atomic mass is 19.4. The lowest BCUT2D eigenvalue weighted by Crippen LogP contribution is -2.90. The fourth-order valence-corrected chi connectivity index (χ4v) is 2.56. The second kappa shape index (κ2) is 10.2. The van der Waals surface area contributed by atoms with Gasteiger partial charge in [-0.2, -0.15) is 13.2 Å². The Morgan fingerprint density at radius 1 is 1.03 bits per heavy atom. The monoisotopic (exact) mass is 461 g/mol. The van der Waals surface area contributed by atoms with Crippen LogP contribution in [0, 0.1) is 0 Å². The number of hydrogen-bond donors (Lipinski definition) is 5. The average Bonchev–Trinajstić information content (AvgIpc) is 2.66. The number of halogens is 3. The van der Waals surface area contributed by atoms with Crippen molar-refractivity contribution in [2.75, 3.05) is 20.3 Å². The Balaban J connectivity index is 7.19. The first-order valence-corrected chi connectivity index (χ1v) is 8.57. The molecule has 0 radical (unpaired) electrons. The normalized spacial score (nSPS) is 17.5. The number of carbonyl (C=O) groups excluding carboxylic acids is 4. The number of nitrogens with one attached hydrogen (secondary N) is 1. The fourth-order valence-electron chi connectivity index (χ4n) is 2.56. The van der Waals surface area contributed by atoms with Gasteiger partial charge in [-0.05, 0) is 20.8 Å².